The molecular weight excluding hydrogens is 412 g/mol. The molecule has 4 rings (SSSR count). The first-order valence-corrected chi connectivity index (χ1v) is 10.7. The van der Waals surface area contributed by atoms with E-state index in [2.05, 4.69) is 15.6 Å². The Hall–Kier alpha value is -3.49. The van der Waals surface area contributed by atoms with Crippen LogP contribution < -0.4 is 10.6 Å². The van der Waals surface area contributed by atoms with E-state index >= 15 is 0 Å². The van der Waals surface area contributed by atoms with E-state index in [0.717, 1.165) is 20.9 Å². The van der Waals surface area contributed by atoms with E-state index in [1.54, 1.807) is 37.3 Å². The average Bonchev–Trinajstić information content (AvgIpc) is 3.46. The molecule has 0 spiro atoms. The number of fused-ring (bicyclic) bond motifs is 1. The van der Waals surface area contributed by atoms with Gasteiger partial charge in [-0.2, -0.15) is 0 Å². The number of carbonyl (C=O) groups excluding carboxylic acids is 2. The molecule has 3 N–H and O–H groups in total. The lowest BCUT2D eigenvalue weighted by atomic mass is 10.1. The van der Waals surface area contributed by atoms with Crippen molar-refractivity contribution in [2.75, 3.05) is 6.54 Å². The van der Waals surface area contributed by atoms with Crippen molar-refractivity contribution in [2.45, 2.75) is 19.1 Å². The number of aliphatic hydroxyl groups excluding tert-OH is 1. The molecule has 2 amide bonds. The van der Waals surface area contributed by atoms with Gasteiger partial charge in [0.2, 0.25) is 5.91 Å². The molecule has 4 aromatic rings. The highest BCUT2D eigenvalue weighted by atomic mass is 32.1. The average molecular weight is 435 g/mol. The Morgan fingerprint density at radius 1 is 1.10 bits per heavy atom. The zero-order chi connectivity index (χ0) is 21.8. The number of hydrogen-bond acceptors (Lipinski definition) is 5. The van der Waals surface area contributed by atoms with Crippen LogP contribution in [0.4, 0.5) is 0 Å². The number of carbonyl (C=O) groups is 2. The molecule has 7 nitrogen and oxygen atoms in total. The first-order valence-electron chi connectivity index (χ1n) is 9.87. The summed E-state index contributed by atoms with van der Waals surface area (Å²) >= 11 is 1.49. The third-order valence-electron chi connectivity index (χ3n) is 4.86. The van der Waals surface area contributed by atoms with Crippen LogP contribution in [-0.2, 0) is 4.79 Å². The number of nitrogens with one attached hydrogen (secondary N) is 2. The van der Waals surface area contributed by atoms with Crippen LogP contribution >= 0.6 is 11.3 Å². The molecule has 0 fully saturated rings. The third kappa shape index (κ3) is 4.82. The second-order valence-electron chi connectivity index (χ2n) is 7.14. The molecule has 0 aliphatic rings. The van der Waals surface area contributed by atoms with Crippen molar-refractivity contribution in [3.8, 4) is 5.13 Å². The lowest BCUT2D eigenvalue weighted by Crippen LogP contribution is -2.45. The minimum Gasteiger partial charge on any atom is -0.387 e. The largest absolute Gasteiger partial charge is 0.387 e. The van der Waals surface area contributed by atoms with Crippen molar-refractivity contribution in [3.63, 3.8) is 0 Å². The number of rotatable bonds is 7. The second kappa shape index (κ2) is 9.11. The molecule has 0 saturated carbocycles. The molecule has 8 heteroatoms. The molecule has 2 heterocycles. The number of aliphatic hydroxyl groups is 1. The summed E-state index contributed by atoms with van der Waals surface area (Å²) in [5.41, 5.74) is 1.99. The van der Waals surface area contributed by atoms with E-state index in [1.165, 1.54) is 11.3 Å². The van der Waals surface area contributed by atoms with E-state index in [1.807, 2.05) is 47.3 Å². The lowest BCUT2D eigenvalue weighted by molar-refractivity contribution is -0.123. The molecule has 0 unspecified atom stereocenters. The lowest BCUT2D eigenvalue weighted by Gasteiger charge is -2.16. The van der Waals surface area contributed by atoms with Gasteiger partial charge in [0, 0.05) is 24.5 Å². The standard InChI is InChI=1S/C23H22N4O3S/c1-15(21(29)24-14-19(28)16-7-3-2-4-8-16)25-22(30)17-9-10-18-20(13-17)31-23(26-18)27-11-5-6-12-27/h2-13,15,19,28H,14H2,1H3,(H,24,29)(H,25,30)/t15-,19-/m0/s1. The van der Waals surface area contributed by atoms with Crippen LogP contribution in [0.25, 0.3) is 15.3 Å². The highest BCUT2D eigenvalue weighted by molar-refractivity contribution is 7.20. The van der Waals surface area contributed by atoms with Gasteiger partial charge in [-0.3, -0.25) is 9.59 Å². The van der Waals surface area contributed by atoms with Crippen molar-refractivity contribution in [2.24, 2.45) is 0 Å². The smallest absolute Gasteiger partial charge is 0.251 e. The topological polar surface area (TPSA) is 96.2 Å². The summed E-state index contributed by atoms with van der Waals surface area (Å²) in [6.45, 7) is 1.68. The normalized spacial score (nSPS) is 13.0. The van der Waals surface area contributed by atoms with Crippen molar-refractivity contribution in [1.82, 2.24) is 20.2 Å². The molecule has 0 aliphatic heterocycles. The fraction of sp³-hybridized carbons (Fsp3) is 0.174. The summed E-state index contributed by atoms with van der Waals surface area (Å²) in [5.74, 6) is -0.707. The number of nitrogens with zero attached hydrogens (tertiary/aromatic N) is 2. The maximum Gasteiger partial charge on any atom is 0.251 e. The third-order valence-corrected chi connectivity index (χ3v) is 5.89. The summed E-state index contributed by atoms with van der Waals surface area (Å²) in [4.78, 5) is 29.6. The van der Waals surface area contributed by atoms with Gasteiger partial charge in [0.1, 0.15) is 6.04 Å². The Balaban J connectivity index is 1.36. The van der Waals surface area contributed by atoms with Crippen molar-refractivity contribution < 1.29 is 14.7 Å². The summed E-state index contributed by atoms with van der Waals surface area (Å²) < 4.78 is 2.81. The first-order chi connectivity index (χ1) is 15.0. The SMILES string of the molecule is C[C@H](NC(=O)c1ccc2nc(-n3cccc3)sc2c1)C(=O)NC[C@H](O)c1ccccc1. The molecule has 2 aromatic carbocycles. The highest BCUT2D eigenvalue weighted by Gasteiger charge is 2.18. The van der Waals surface area contributed by atoms with Crippen LogP contribution in [0.2, 0.25) is 0 Å². The summed E-state index contributed by atoms with van der Waals surface area (Å²) in [7, 11) is 0. The first kappa shape index (κ1) is 20.8. The Kier molecular flexibility index (Phi) is 6.11. The van der Waals surface area contributed by atoms with Crippen molar-refractivity contribution >= 4 is 33.4 Å². The van der Waals surface area contributed by atoms with Crippen molar-refractivity contribution in [3.05, 3.63) is 84.2 Å². The predicted molar refractivity (Wildman–Crippen MR) is 120 cm³/mol. The van der Waals surface area contributed by atoms with E-state index < -0.39 is 12.1 Å². The number of aromatic nitrogens is 2. The molecule has 2 atom stereocenters. The minimum atomic E-state index is -0.809. The van der Waals surface area contributed by atoms with Crippen LogP contribution in [0, 0.1) is 0 Å². The highest BCUT2D eigenvalue weighted by Crippen LogP contribution is 2.26. The molecule has 0 bridgehead atoms. The zero-order valence-corrected chi connectivity index (χ0v) is 17.7. The molecule has 2 aromatic heterocycles. The number of benzene rings is 2. The maximum atomic E-state index is 12.6. The summed E-state index contributed by atoms with van der Waals surface area (Å²) in [6.07, 6.45) is 3.03. The van der Waals surface area contributed by atoms with Crippen LogP contribution in [0.5, 0.6) is 0 Å². The van der Waals surface area contributed by atoms with Crippen LogP contribution in [-0.4, -0.2) is 39.1 Å². The van der Waals surface area contributed by atoms with E-state index in [9.17, 15) is 14.7 Å². The fourth-order valence-electron chi connectivity index (χ4n) is 3.12. The Bertz CT molecular complexity index is 1190. The van der Waals surface area contributed by atoms with Gasteiger partial charge in [0.25, 0.3) is 5.91 Å². The summed E-state index contributed by atoms with van der Waals surface area (Å²) in [5, 5.41) is 16.4. The van der Waals surface area contributed by atoms with Gasteiger partial charge in [-0.1, -0.05) is 41.7 Å². The van der Waals surface area contributed by atoms with Crippen LogP contribution in [0.15, 0.2) is 73.1 Å². The molecule has 0 radical (unpaired) electrons. The second-order valence-corrected chi connectivity index (χ2v) is 8.15. The number of thiazole rings is 1. The Morgan fingerprint density at radius 2 is 1.84 bits per heavy atom. The molecule has 158 valence electrons. The van der Waals surface area contributed by atoms with Gasteiger partial charge in [0.05, 0.1) is 16.3 Å². The predicted octanol–water partition coefficient (Wildman–Crippen LogP) is 3.06. The van der Waals surface area contributed by atoms with Gasteiger partial charge >= 0.3 is 0 Å². The van der Waals surface area contributed by atoms with Crippen molar-refractivity contribution in [1.29, 1.82) is 0 Å². The van der Waals surface area contributed by atoms with Gasteiger partial charge in [0.15, 0.2) is 5.13 Å². The molecule has 0 saturated heterocycles. The zero-order valence-electron chi connectivity index (χ0n) is 16.9. The quantitative estimate of drug-likeness (QED) is 0.417. The minimum absolute atomic E-state index is 0.0675. The molecule has 31 heavy (non-hydrogen) atoms. The van der Waals surface area contributed by atoms with Crippen LogP contribution in [0.1, 0.15) is 28.9 Å². The van der Waals surface area contributed by atoms with E-state index in [4.69, 9.17) is 0 Å². The maximum absolute atomic E-state index is 12.6. The Morgan fingerprint density at radius 3 is 2.58 bits per heavy atom. The van der Waals surface area contributed by atoms with Crippen LogP contribution in [0.3, 0.4) is 0 Å². The van der Waals surface area contributed by atoms with Gasteiger partial charge in [-0.25, -0.2) is 4.98 Å². The fourth-order valence-corrected chi connectivity index (χ4v) is 4.09. The number of hydrogen-bond donors (Lipinski definition) is 3. The number of amides is 2. The van der Waals surface area contributed by atoms with E-state index in [-0.39, 0.29) is 18.4 Å². The molecular formula is C23H22N4O3S. The van der Waals surface area contributed by atoms with Gasteiger partial charge in [-0.05, 0) is 42.8 Å². The van der Waals surface area contributed by atoms with E-state index in [0.29, 0.717) is 5.56 Å². The molecule has 0 aliphatic carbocycles. The summed E-state index contributed by atoms with van der Waals surface area (Å²) in [6, 6.07) is 17.5. The monoisotopic (exact) mass is 434 g/mol. The van der Waals surface area contributed by atoms with Gasteiger partial charge < -0.3 is 20.3 Å². The Labute approximate surface area is 183 Å². The van der Waals surface area contributed by atoms with Gasteiger partial charge in [-0.15, -0.1) is 0 Å².